The molecule has 1 spiro atoms. The molecule has 0 radical (unpaired) electrons. The van der Waals surface area contributed by atoms with Crippen LogP contribution in [0.1, 0.15) is 47.9 Å². The summed E-state index contributed by atoms with van der Waals surface area (Å²) in [5.41, 5.74) is 5.02. The Morgan fingerprint density at radius 3 is 2.68 bits per heavy atom. The van der Waals surface area contributed by atoms with Crippen LogP contribution in [0.25, 0.3) is 0 Å². The Morgan fingerprint density at radius 2 is 2.00 bits per heavy atom. The Hall–Kier alpha value is -2.36. The molecule has 1 N–H and O–H groups in total. The molecule has 6 heteroatoms. The summed E-state index contributed by atoms with van der Waals surface area (Å²) in [7, 11) is 0. The van der Waals surface area contributed by atoms with Gasteiger partial charge < -0.3 is 10.2 Å². The number of likely N-dealkylation sites (tertiary alicyclic amines) is 1. The first-order valence-electron chi connectivity index (χ1n) is 10.7. The average Bonchev–Trinajstić information content (AvgIpc) is 3.05. The summed E-state index contributed by atoms with van der Waals surface area (Å²) in [6.07, 6.45) is 3.09. The number of hydrogen-bond acceptors (Lipinski definition) is 4. The van der Waals surface area contributed by atoms with Crippen LogP contribution in [0.2, 0.25) is 0 Å². The number of aryl methyl sites for hydroxylation is 1. The third kappa shape index (κ3) is 4.22. The maximum atomic E-state index is 13.3. The third-order valence-corrected chi connectivity index (χ3v) is 7.52. The summed E-state index contributed by atoms with van der Waals surface area (Å²) in [6, 6.07) is 13.5. The molecule has 0 bridgehead atoms. The highest BCUT2D eigenvalue weighted by Crippen LogP contribution is 2.49. The molecule has 0 aliphatic carbocycles. The molecule has 3 nitrogen and oxygen atoms in total. The lowest BCUT2D eigenvalue weighted by Crippen LogP contribution is -2.43. The monoisotopic (exact) mass is 439 g/mol. The largest absolute Gasteiger partial charge is 0.358 e. The molecule has 0 amide bonds. The van der Waals surface area contributed by atoms with Crippen LogP contribution in [0.4, 0.5) is 14.5 Å². The van der Waals surface area contributed by atoms with E-state index in [2.05, 4.69) is 22.9 Å². The Bertz CT molecular complexity index is 1020. The zero-order valence-corrected chi connectivity index (χ0v) is 18.6. The molecule has 31 heavy (non-hydrogen) atoms. The van der Waals surface area contributed by atoms with E-state index >= 15 is 0 Å². The fraction of sp³-hybridized carbons (Fsp3) is 0.400. The predicted molar refractivity (Wildman–Crippen MR) is 123 cm³/mol. The van der Waals surface area contributed by atoms with E-state index in [0.717, 1.165) is 62.3 Å². The number of piperidine rings is 1. The Labute approximate surface area is 187 Å². The molecule has 0 atom stereocenters. The minimum absolute atomic E-state index is 0.0987. The Morgan fingerprint density at radius 1 is 1.23 bits per heavy atom. The van der Waals surface area contributed by atoms with Crippen LogP contribution in [0.5, 0.6) is 0 Å². The molecule has 1 saturated heterocycles. The van der Waals surface area contributed by atoms with E-state index < -0.39 is 6.43 Å². The molecule has 162 valence electrons. The van der Waals surface area contributed by atoms with E-state index in [9.17, 15) is 14.0 Å². The Balaban J connectivity index is 1.35. The maximum absolute atomic E-state index is 13.3. The van der Waals surface area contributed by atoms with Crippen molar-refractivity contribution in [2.45, 2.75) is 42.4 Å². The number of benzene rings is 2. The number of alkyl halides is 2. The fourth-order valence-corrected chi connectivity index (χ4v) is 5.50. The van der Waals surface area contributed by atoms with Crippen molar-refractivity contribution in [2.75, 3.05) is 31.2 Å². The molecule has 0 saturated carbocycles. The van der Waals surface area contributed by atoms with Crippen molar-refractivity contribution in [1.29, 1.82) is 5.26 Å². The minimum Gasteiger partial charge on any atom is -0.358 e. The van der Waals surface area contributed by atoms with Gasteiger partial charge >= 0.3 is 0 Å². The lowest BCUT2D eigenvalue weighted by Gasteiger charge is -2.40. The van der Waals surface area contributed by atoms with Crippen molar-refractivity contribution in [1.82, 2.24) is 4.90 Å². The number of nitriles is 1. The number of nitrogens with one attached hydrogen (secondary N) is 1. The highest BCUT2D eigenvalue weighted by molar-refractivity contribution is 7.98. The van der Waals surface area contributed by atoms with E-state index in [1.165, 1.54) is 17.3 Å². The summed E-state index contributed by atoms with van der Waals surface area (Å²) < 4.78 is 26.6. The molecular weight excluding hydrogens is 412 g/mol. The lowest BCUT2D eigenvalue weighted by molar-refractivity contribution is 0.148. The average molecular weight is 440 g/mol. The van der Waals surface area contributed by atoms with Gasteiger partial charge in [0.05, 0.1) is 11.6 Å². The molecule has 2 aromatic rings. The van der Waals surface area contributed by atoms with E-state index in [1.54, 1.807) is 6.07 Å². The van der Waals surface area contributed by atoms with Gasteiger partial charge in [-0.2, -0.15) is 5.26 Å². The molecule has 2 aromatic carbocycles. The number of nitrogens with zero attached hydrogens (tertiary/aromatic N) is 2. The first-order chi connectivity index (χ1) is 15.0. The second-order valence-electron chi connectivity index (χ2n) is 8.38. The lowest BCUT2D eigenvalue weighted by atomic mass is 9.72. The zero-order chi connectivity index (χ0) is 22.0. The van der Waals surface area contributed by atoms with Gasteiger partial charge in [0.15, 0.2) is 0 Å². The molecule has 0 aromatic heterocycles. The van der Waals surface area contributed by atoms with E-state index in [1.807, 2.05) is 36.6 Å². The quantitative estimate of drug-likeness (QED) is 0.550. The molecule has 0 unspecified atom stereocenters. The second-order valence-corrected chi connectivity index (χ2v) is 9.23. The molecule has 4 rings (SSSR count). The number of hydrogen-bond donors (Lipinski definition) is 1. The van der Waals surface area contributed by atoms with Crippen LogP contribution in [-0.4, -0.2) is 30.8 Å². The normalized spacial score (nSPS) is 17.6. The topological polar surface area (TPSA) is 39.1 Å². The van der Waals surface area contributed by atoms with Crippen LogP contribution in [-0.2, 0) is 11.8 Å². The van der Waals surface area contributed by atoms with Gasteiger partial charge in [0, 0.05) is 27.3 Å². The maximum Gasteiger partial charge on any atom is 0.264 e. The standard InChI is InChI=1S/C25H27F2N3S/c1-17-25(21-15-19(16-28)5-7-22(21)29-17)9-12-30(13-10-25)11-3-4-18-6-8-23(31-2)20(14-18)24(26)27/h5-8,14-15,24,29H,1,3-4,9-13H2,2H3. The smallest absolute Gasteiger partial charge is 0.264 e. The minimum atomic E-state index is -2.43. The van der Waals surface area contributed by atoms with E-state index in [4.69, 9.17) is 0 Å². The number of fused-ring (bicyclic) bond motifs is 2. The molecule has 2 aliphatic rings. The van der Waals surface area contributed by atoms with E-state index in [0.29, 0.717) is 10.5 Å². The highest BCUT2D eigenvalue weighted by atomic mass is 32.2. The van der Waals surface area contributed by atoms with Gasteiger partial charge in [-0.3, -0.25) is 0 Å². The summed E-state index contributed by atoms with van der Waals surface area (Å²) in [5, 5.41) is 12.7. The summed E-state index contributed by atoms with van der Waals surface area (Å²) in [5.74, 6) is 0. The number of thioether (sulfide) groups is 1. The van der Waals surface area contributed by atoms with Crippen LogP contribution in [0.15, 0.2) is 53.6 Å². The van der Waals surface area contributed by atoms with Gasteiger partial charge in [0.25, 0.3) is 6.43 Å². The summed E-state index contributed by atoms with van der Waals surface area (Å²) in [6.45, 7) is 7.17. The van der Waals surface area contributed by atoms with Crippen molar-refractivity contribution in [2.24, 2.45) is 0 Å². The van der Waals surface area contributed by atoms with Gasteiger partial charge in [-0.1, -0.05) is 12.6 Å². The van der Waals surface area contributed by atoms with Gasteiger partial charge in [-0.25, -0.2) is 8.78 Å². The van der Waals surface area contributed by atoms with Crippen LogP contribution >= 0.6 is 11.8 Å². The zero-order valence-electron chi connectivity index (χ0n) is 17.8. The SMILES string of the molecule is C=C1Nc2ccc(C#N)cc2C12CCN(CCCc1ccc(SC)c(C(F)F)c1)CC2. The van der Waals surface area contributed by atoms with Gasteiger partial charge in [-0.15, -0.1) is 11.8 Å². The van der Waals surface area contributed by atoms with Crippen LogP contribution < -0.4 is 5.32 Å². The molecule has 2 heterocycles. The third-order valence-electron chi connectivity index (χ3n) is 6.71. The fourth-order valence-electron chi connectivity index (χ4n) is 4.91. The van der Waals surface area contributed by atoms with Gasteiger partial charge in [-0.05, 0) is 93.0 Å². The first-order valence-corrected chi connectivity index (χ1v) is 11.9. The summed E-state index contributed by atoms with van der Waals surface area (Å²) in [4.78, 5) is 3.11. The van der Waals surface area contributed by atoms with Crippen molar-refractivity contribution in [3.8, 4) is 6.07 Å². The number of allylic oxidation sites excluding steroid dienone is 1. The molecular formula is C25H27F2N3S. The first kappa shape index (κ1) is 21.9. The van der Waals surface area contributed by atoms with E-state index in [-0.39, 0.29) is 11.0 Å². The predicted octanol–water partition coefficient (Wildman–Crippen LogP) is 6.12. The van der Waals surface area contributed by atoms with Crippen molar-refractivity contribution >= 4 is 17.4 Å². The van der Waals surface area contributed by atoms with Crippen molar-refractivity contribution < 1.29 is 8.78 Å². The highest BCUT2D eigenvalue weighted by Gasteiger charge is 2.44. The van der Waals surface area contributed by atoms with Crippen LogP contribution in [0.3, 0.4) is 0 Å². The van der Waals surface area contributed by atoms with Gasteiger partial charge in [0.2, 0.25) is 0 Å². The Kier molecular flexibility index (Phi) is 6.36. The number of anilines is 1. The van der Waals surface area contributed by atoms with Crippen molar-refractivity contribution in [3.05, 3.63) is 70.9 Å². The second kappa shape index (κ2) is 9.02. The molecule has 1 fully saturated rings. The summed E-state index contributed by atoms with van der Waals surface area (Å²) >= 11 is 1.37. The number of rotatable bonds is 6. The van der Waals surface area contributed by atoms with Crippen LogP contribution in [0, 0.1) is 11.3 Å². The number of halogens is 2. The van der Waals surface area contributed by atoms with Gasteiger partial charge in [0.1, 0.15) is 0 Å². The van der Waals surface area contributed by atoms with Crippen molar-refractivity contribution in [3.63, 3.8) is 0 Å². The molecule has 2 aliphatic heterocycles.